The minimum Gasteiger partial charge on any atom is -0.497 e. The van der Waals surface area contributed by atoms with Gasteiger partial charge in [0.05, 0.1) is 19.9 Å². The van der Waals surface area contributed by atoms with Gasteiger partial charge in [-0.25, -0.2) is 0 Å². The molecule has 1 amide bonds. The number of hydrogen-bond acceptors (Lipinski definition) is 5. The molecule has 0 aliphatic rings. The van der Waals surface area contributed by atoms with Gasteiger partial charge in [-0.05, 0) is 36.9 Å². The van der Waals surface area contributed by atoms with E-state index in [-0.39, 0.29) is 18.0 Å². The molecule has 2 N–H and O–H groups in total. The van der Waals surface area contributed by atoms with Gasteiger partial charge < -0.3 is 20.1 Å². The van der Waals surface area contributed by atoms with E-state index in [0.717, 1.165) is 6.42 Å². The maximum atomic E-state index is 12.4. The summed E-state index contributed by atoms with van der Waals surface area (Å²) in [4.78, 5) is 13.7. The first-order valence-electron chi connectivity index (χ1n) is 8.38. The number of ether oxygens (including phenoxy) is 2. The summed E-state index contributed by atoms with van der Waals surface area (Å²) in [7, 11) is 3.17. The quantitative estimate of drug-likeness (QED) is 0.701. The highest BCUT2D eigenvalue weighted by molar-refractivity contribution is 7.10. The van der Waals surface area contributed by atoms with Crippen LogP contribution in [-0.4, -0.2) is 26.2 Å². The molecule has 2 rings (SSSR count). The SMILES string of the molecule is CCC(NC(C)CC(=O)Nc1ccc(OC)cc1OC)c1cccs1. The Balaban J connectivity index is 1.93. The zero-order chi connectivity index (χ0) is 18.2. The van der Waals surface area contributed by atoms with Gasteiger partial charge in [0.1, 0.15) is 11.5 Å². The van der Waals surface area contributed by atoms with E-state index >= 15 is 0 Å². The average molecular weight is 362 g/mol. The van der Waals surface area contributed by atoms with E-state index in [2.05, 4.69) is 35.1 Å². The predicted octanol–water partition coefficient (Wildman–Crippen LogP) is 4.22. The third-order valence-electron chi connectivity index (χ3n) is 3.95. The van der Waals surface area contributed by atoms with E-state index in [1.54, 1.807) is 43.8 Å². The first-order chi connectivity index (χ1) is 12.1. The van der Waals surface area contributed by atoms with E-state index in [1.165, 1.54) is 4.88 Å². The fraction of sp³-hybridized carbons (Fsp3) is 0.421. The Morgan fingerprint density at radius 2 is 2.04 bits per heavy atom. The molecule has 5 nitrogen and oxygen atoms in total. The van der Waals surface area contributed by atoms with Crippen LogP contribution in [0.15, 0.2) is 35.7 Å². The number of benzene rings is 1. The van der Waals surface area contributed by atoms with Crippen LogP contribution < -0.4 is 20.1 Å². The van der Waals surface area contributed by atoms with E-state index < -0.39 is 0 Å². The second-order valence-corrected chi connectivity index (χ2v) is 6.84. The fourth-order valence-corrected chi connectivity index (χ4v) is 3.54. The smallest absolute Gasteiger partial charge is 0.226 e. The number of thiophene rings is 1. The summed E-state index contributed by atoms with van der Waals surface area (Å²) in [6, 6.07) is 9.85. The molecule has 0 aliphatic carbocycles. The minimum atomic E-state index is -0.0514. The first kappa shape index (κ1) is 19.3. The molecule has 2 aromatic rings. The van der Waals surface area contributed by atoms with Crippen molar-refractivity contribution in [1.82, 2.24) is 5.32 Å². The second-order valence-electron chi connectivity index (χ2n) is 5.86. The molecular weight excluding hydrogens is 336 g/mol. The molecule has 0 aliphatic heterocycles. The van der Waals surface area contributed by atoms with Gasteiger partial charge >= 0.3 is 0 Å². The lowest BCUT2D eigenvalue weighted by Crippen LogP contribution is -2.33. The van der Waals surface area contributed by atoms with Gasteiger partial charge in [-0.1, -0.05) is 13.0 Å². The monoisotopic (exact) mass is 362 g/mol. The number of amides is 1. The largest absolute Gasteiger partial charge is 0.497 e. The number of rotatable bonds is 9. The van der Waals surface area contributed by atoms with Crippen LogP contribution in [0.25, 0.3) is 0 Å². The van der Waals surface area contributed by atoms with Crippen LogP contribution in [0.2, 0.25) is 0 Å². The molecule has 1 heterocycles. The molecule has 0 saturated carbocycles. The molecule has 1 aromatic heterocycles. The number of methoxy groups -OCH3 is 2. The van der Waals surface area contributed by atoms with Gasteiger partial charge in [0.25, 0.3) is 0 Å². The normalized spacial score (nSPS) is 13.1. The maximum absolute atomic E-state index is 12.4. The van der Waals surface area contributed by atoms with Crippen LogP contribution in [0.5, 0.6) is 11.5 Å². The van der Waals surface area contributed by atoms with Gasteiger partial charge in [-0.3, -0.25) is 4.79 Å². The Morgan fingerprint density at radius 3 is 2.64 bits per heavy atom. The third-order valence-corrected chi connectivity index (χ3v) is 4.94. The lowest BCUT2D eigenvalue weighted by molar-refractivity contribution is -0.116. The van der Waals surface area contributed by atoms with Gasteiger partial charge in [-0.15, -0.1) is 11.3 Å². The summed E-state index contributed by atoms with van der Waals surface area (Å²) in [5, 5.41) is 8.52. The molecule has 2 unspecified atom stereocenters. The summed E-state index contributed by atoms with van der Waals surface area (Å²) in [6.07, 6.45) is 1.37. The topological polar surface area (TPSA) is 59.6 Å². The minimum absolute atomic E-state index is 0.0514. The highest BCUT2D eigenvalue weighted by Gasteiger charge is 2.17. The van der Waals surface area contributed by atoms with Crippen molar-refractivity contribution >= 4 is 22.9 Å². The van der Waals surface area contributed by atoms with Crippen molar-refractivity contribution in [3.8, 4) is 11.5 Å². The first-order valence-corrected chi connectivity index (χ1v) is 9.26. The number of hydrogen-bond donors (Lipinski definition) is 2. The number of nitrogens with one attached hydrogen (secondary N) is 2. The standard InChI is InChI=1S/C19H26N2O3S/c1-5-15(18-7-6-10-25-18)20-13(2)11-19(22)21-16-9-8-14(23-3)12-17(16)24-4/h6-10,12-13,15,20H,5,11H2,1-4H3,(H,21,22). The highest BCUT2D eigenvalue weighted by Crippen LogP contribution is 2.29. The van der Waals surface area contributed by atoms with Gasteiger partial charge in [0, 0.05) is 29.4 Å². The molecule has 136 valence electrons. The number of carbonyl (C=O) groups excluding carboxylic acids is 1. The molecule has 0 bridgehead atoms. The van der Waals surface area contributed by atoms with Gasteiger partial charge in [0.15, 0.2) is 0 Å². The lowest BCUT2D eigenvalue weighted by atomic mass is 10.1. The molecule has 6 heteroatoms. The van der Waals surface area contributed by atoms with Crippen LogP contribution in [0.1, 0.15) is 37.6 Å². The summed E-state index contributed by atoms with van der Waals surface area (Å²) < 4.78 is 10.5. The van der Waals surface area contributed by atoms with E-state index in [1.807, 2.05) is 6.92 Å². The van der Waals surface area contributed by atoms with Crippen LogP contribution in [0.3, 0.4) is 0 Å². The molecule has 25 heavy (non-hydrogen) atoms. The summed E-state index contributed by atoms with van der Waals surface area (Å²) in [5.41, 5.74) is 0.644. The Morgan fingerprint density at radius 1 is 1.24 bits per heavy atom. The van der Waals surface area contributed by atoms with Crippen LogP contribution in [0, 0.1) is 0 Å². The second kappa shape index (κ2) is 9.44. The van der Waals surface area contributed by atoms with E-state index in [0.29, 0.717) is 23.6 Å². The van der Waals surface area contributed by atoms with Crippen molar-refractivity contribution in [1.29, 1.82) is 0 Å². The third kappa shape index (κ3) is 5.47. The number of anilines is 1. The molecule has 0 radical (unpaired) electrons. The van der Waals surface area contributed by atoms with Gasteiger partial charge in [0.2, 0.25) is 5.91 Å². The van der Waals surface area contributed by atoms with Crippen LogP contribution >= 0.6 is 11.3 Å². The highest BCUT2D eigenvalue weighted by atomic mass is 32.1. The molecule has 0 saturated heterocycles. The van der Waals surface area contributed by atoms with Crippen molar-refractivity contribution in [2.75, 3.05) is 19.5 Å². The number of carbonyl (C=O) groups is 1. The fourth-order valence-electron chi connectivity index (χ4n) is 2.67. The van der Waals surface area contributed by atoms with Gasteiger partial charge in [-0.2, -0.15) is 0 Å². The van der Waals surface area contributed by atoms with E-state index in [4.69, 9.17) is 9.47 Å². The Kier molecular flexibility index (Phi) is 7.28. The molecule has 2 atom stereocenters. The molecule has 0 fully saturated rings. The van der Waals surface area contributed by atoms with Crippen molar-refractivity contribution in [2.24, 2.45) is 0 Å². The van der Waals surface area contributed by atoms with Crippen molar-refractivity contribution < 1.29 is 14.3 Å². The Hall–Kier alpha value is -2.05. The lowest BCUT2D eigenvalue weighted by Gasteiger charge is -2.21. The van der Waals surface area contributed by atoms with Crippen LogP contribution in [0.4, 0.5) is 5.69 Å². The molecule has 1 aromatic carbocycles. The van der Waals surface area contributed by atoms with Crippen molar-refractivity contribution in [3.05, 3.63) is 40.6 Å². The summed E-state index contributed by atoms with van der Waals surface area (Å²) in [6.45, 7) is 4.17. The average Bonchev–Trinajstić information content (AvgIpc) is 3.14. The maximum Gasteiger partial charge on any atom is 0.226 e. The Labute approximate surface area is 153 Å². The van der Waals surface area contributed by atoms with Crippen LogP contribution in [-0.2, 0) is 4.79 Å². The zero-order valence-electron chi connectivity index (χ0n) is 15.2. The molecule has 0 spiro atoms. The summed E-state index contributed by atoms with van der Waals surface area (Å²) in [5.74, 6) is 1.22. The molecular formula is C19H26N2O3S. The Bertz CT molecular complexity index is 673. The summed E-state index contributed by atoms with van der Waals surface area (Å²) >= 11 is 1.74. The van der Waals surface area contributed by atoms with E-state index in [9.17, 15) is 4.79 Å². The predicted molar refractivity (Wildman–Crippen MR) is 103 cm³/mol. The van der Waals surface area contributed by atoms with Crippen molar-refractivity contribution in [2.45, 2.75) is 38.8 Å². The zero-order valence-corrected chi connectivity index (χ0v) is 16.0. The van der Waals surface area contributed by atoms with Crippen molar-refractivity contribution in [3.63, 3.8) is 0 Å².